The first-order valence-corrected chi connectivity index (χ1v) is 7.96. The first-order valence-electron chi connectivity index (χ1n) is 6.30. The second kappa shape index (κ2) is 6.27. The Morgan fingerprint density at radius 3 is 2.58 bits per heavy atom. The second-order valence-electron chi connectivity index (χ2n) is 4.70. The summed E-state index contributed by atoms with van der Waals surface area (Å²) in [4.78, 5) is 13.0. The van der Waals surface area contributed by atoms with Crippen molar-refractivity contribution in [3.63, 3.8) is 0 Å². The van der Waals surface area contributed by atoms with Gasteiger partial charge in [0.15, 0.2) is 0 Å². The van der Waals surface area contributed by atoms with Gasteiger partial charge in [-0.25, -0.2) is 13.1 Å². The zero-order valence-electron chi connectivity index (χ0n) is 10.7. The quantitative estimate of drug-likeness (QED) is 0.819. The normalized spacial score (nSPS) is 16.9. The van der Waals surface area contributed by atoms with E-state index in [9.17, 15) is 13.2 Å². The van der Waals surface area contributed by atoms with Crippen LogP contribution in [0.3, 0.4) is 0 Å². The molecular formula is C13H18N2O3S. The van der Waals surface area contributed by atoms with Crippen LogP contribution in [0.15, 0.2) is 30.3 Å². The van der Waals surface area contributed by atoms with Gasteiger partial charge in [0.25, 0.3) is 0 Å². The molecule has 1 N–H and O–H groups in total. The number of nitrogens with zero attached hydrogens (tertiary/aromatic N) is 1. The van der Waals surface area contributed by atoms with Crippen molar-refractivity contribution >= 4 is 15.8 Å². The van der Waals surface area contributed by atoms with E-state index in [2.05, 4.69) is 4.72 Å². The van der Waals surface area contributed by atoms with E-state index in [4.69, 9.17) is 0 Å². The Morgan fingerprint density at radius 2 is 1.95 bits per heavy atom. The van der Waals surface area contributed by atoms with Gasteiger partial charge in [-0.2, -0.15) is 0 Å². The van der Waals surface area contributed by atoms with Crippen LogP contribution in [0.2, 0.25) is 0 Å². The largest absolute Gasteiger partial charge is 0.298 e. The highest BCUT2D eigenvalue weighted by Crippen LogP contribution is 2.05. The van der Waals surface area contributed by atoms with Gasteiger partial charge >= 0.3 is 0 Å². The van der Waals surface area contributed by atoms with Crippen molar-refractivity contribution in [3.05, 3.63) is 35.9 Å². The van der Waals surface area contributed by atoms with Gasteiger partial charge < -0.3 is 0 Å². The number of hydrogen-bond acceptors (Lipinski definition) is 4. The van der Waals surface area contributed by atoms with E-state index in [1.165, 1.54) is 0 Å². The lowest BCUT2D eigenvalue weighted by Crippen LogP contribution is -2.34. The third-order valence-electron chi connectivity index (χ3n) is 3.06. The molecule has 2 rings (SSSR count). The smallest absolute Gasteiger partial charge is 0.215 e. The topological polar surface area (TPSA) is 66.5 Å². The average molecular weight is 282 g/mol. The lowest BCUT2D eigenvalue weighted by Gasteiger charge is -2.14. The van der Waals surface area contributed by atoms with Gasteiger partial charge in [0.05, 0.1) is 12.3 Å². The van der Waals surface area contributed by atoms with Crippen LogP contribution in [0, 0.1) is 0 Å². The Morgan fingerprint density at radius 1 is 1.21 bits per heavy atom. The van der Waals surface area contributed by atoms with Crippen LogP contribution in [-0.4, -0.2) is 45.3 Å². The third-order valence-corrected chi connectivity index (χ3v) is 4.41. The Labute approximate surface area is 113 Å². The summed E-state index contributed by atoms with van der Waals surface area (Å²) in [6, 6.07) is 9.08. The number of benzene rings is 1. The number of carbonyl (C=O) groups is 1. The Bertz CT molecular complexity index is 528. The number of nitrogens with one attached hydrogen (secondary N) is 1. The molecule has 1 aliphatic heterocycles. The van der Waals surface area contributed by atoms with Gasteiger partial charge in [-0.1, -0.05) is 30.3 Å². The molecular weight excluding hydrogens is 264 g/mol. The van der Waals surface area contributed by atoms with Gasteiger partial charge in [-0.3, -0.25) is 9.69 Å². The molecule has 0 radical (unpaired) electrons. The molecule has 19 heavy (non-hydrogen) atoms. The van der Waals surface area contributed by atoms with Crippen molar-refractivity contribution in [2.24, 2.45) is 0 Å². The molecule has 0 bridgehead atoms. The van der Waals surface area contributed by atoms with E-state index in [0.29, 0.717) is 26.1 Å². The average Bonchev–Trinajstić information content (AvgIpc) is 2.75. The van der Waals surface area contributed by atoms with Crippen LogP contribution in [0.4, 0.5) is 0 Å². The fraction of sp³-hybridized carbons (Fsp3) is 0.462. The van der Waals surface area contributed by atoms with Gasteiger partial charge in [0.1, 0.15) is 5.78 Å². The number of carbonyl (C=O) groups excluding carboxylic acids is 1. The van der Waals surface area contributed by atoms with Crippen molar-refractivity contribution < 1.29 is 13.2 Å². The SMILES string of the molecule is O=C1CCN(CCNS(=O)(=O)Cc2ccccc2)C1. The summed E-state index contributed by atoms with van der Waals surface area (Å²) in [6.45, 7) is 2.11. The van der Waals surface area contributed by atoms with E-state index in [0.717, 1.165) is 12.1 Å². The highest BCUT2D eigenvalue weighted by atomic mass is 32.2. The molecule has 1 heterocycles. The Kier molecular flexibility index (Phi) is 4.68. The van der Waals surface area contributed by atoms with Crippen LogP contribution in [0.25, 0.3) is 0 Å². The zero-order chi connectivity index (χ0) is 13.7. The van der Waals surface area contributed by atoms with E-state index in [1.54, 1.807) is 12.1 Å². The highest BCUT2D eigenvalue weighted by molar-refractivity contribution is 7.88. The maximum Gasteiger partial charge on any atom is 0.215 e. The molecule has 104 valence electrons. The number of hydrogen-bond donors (Lipinski definition) is 1. The minimum atomic E-state index is -3.30. The number of likely N-dealkylation sites (tertiary alicyclic amines) is 1. The maximum absolute atomic E-state index is 11.8. The highest BCUT2D eigenvalue weighted by Gasteiger charge is 2.19. The first-order chi connectivity index (χ1) is 9.05. The first kappa shape index (κ1) is 14.2. The number of rotatable bonds is 6. The molecule has 0 saturated carbocycles. The van der Waals surface area contributed by atoms with Crippen molar-refractivity contribution in [1.29, 1.82) is 0 Å². The lowest BCUT2D eigenvalue weighted by atomic mass is 10.2. The van der Waals surface area contributed by atoms with Crippen molar-refractivity contribution in [3.8, 4) is 0 Å². The fourth-order valence-electron chi connectivity index (χ4n) is 2.09. The van der Waals surface area contributed by atoms with Crippen LogP contribution in [-0.2, 0) is 20.6 Å². The minimum Gasteiger partial charge on any atom is -0.298 e. The summed E-state index contributed by atoms with van der Waals surface area (Å²) in [5.41, 5.74) is 0.770. The molecule has 0 amide bonds. The molecule has 6 heteroatoms. The predicted molar refractivity (Wildman–Crippen MR) is 73.1 cm³/mol. The molecule has 0 aromatic heterocycles. The zero-order valence-corrected chi connectivity index (χ0v) is 11.5. The van der Waals surface area contributed by atoms with Crippen LogP contribution >= 0.6 is 0 Å². The van der Waals surface area contributed by atoms with Crippen LogP contribution in [0.1, 0.15) is 12.0 Å². The monoisotopic (exact) mass is 282 g/mol. The Balaban J connectivity index is 1.77. The minimum absolute atomic E-state index is 0.00717. The van der Waals surface area contributed by atoms with Crippen molar-refractivity contribution in [1.82, 2.24) is 9.62 Å². The summed E-state index contributed by atoms with van der Waals surface area (Å²) < 4.78 is 26.3. The summed E-state index contributed by atoms with van der Waals surface area (Å²) in [6.07, 6.45) is 0.580. The van der Waals surface area contributed by atoms with Gasteiger partial charge in [0, 0.05) is 26.1 Å². The van der Waals surface area contributed by atoms with Gasteiger partial charge in [0.2, 0.25) is 10.0 Å². The maximum atomic E-state index is 11.8. The molecule has 1 saturated heterocycles. The second-order valence-corrected chi connectivity index (χ2v) is 6.51. The van der Waals surface area contributed by atoms with Crippen LogP contribution < -0.4 is 4.72 Å². The number of sulfonamides is 1. The van der Waals surface area contributed by atoms with Gasteiger partial charge in [-0.05, 0) is 5.56 Å². The Hall–Kier alpha value is -1.24. The van der Waals surface area contributed by atoms with Crippen molar-refractivity contribution in [2.45, 2.75) is 12.2 Å². The fourth-order valence-corrected chi connectivity index (χ4v) is 3.22. The standard InChI is InChI=1S/C13H18N2O3S/c16-13-6-8-15(10-13)9-7-14-19(17,18)11-12-4-2-1-3-5-12/h1-5,14H,6-11H2. The van der Waals surface area contributed by atoms with E-state index < -0.39 is 10.0 Å². The molecule has 1 fully saturated rings. The molecule has 5 nitrogen and oxygen atoms in total. The molecule has 0 atom stereocenters. The number of ketones is 1. The summed E-state index contributed by atoms with van der Waals surface area (Å²) >= 11 is 0. The van der Waals surface area contributed by atoms with E-state index in [1.807, 2.05) is 23.1 Å². The van der Waals surface area contributed by atoms with E-state index in [-0.39, 0.29) is 11.5 Å². The summed E-state index contributed by atoms with van der Waals surface area (Å²) in [5.74, 6) is 0.222. The summed E-state index contributed by atoms with van der Waals surface area (Å²) in [7, 11) is -3.30. The number of Topliss-reactive ketones (excluding diaryl/α,β-unsaturated/α-hetero) is 1. The van der Waals surface area contributed by atoms with E-state index >= 15 is 0 Å². The molecule has 0 aliphatic carbocycles. The van der Waals surface area contributed by atoms with Crippen LogP contribution in [0.5, 0.6) is 0 Å². The lowest BCUT2D eigenvalue weighted by molar-refractivity contribution is -0.116. The molecule has 1 aromatic carbocycles. The van der Waals surface area contributed by atoms with Crippen molar-refractivity contribution in [2.75, 3.05) is 26.2 Å². The summed E-state index contributed by atoms with van der Waals surface area (Å²) in [5, 5.41) is 0. The molecule has 1 aromatic rings. The molecule has 1 aliphatic rings. The van der Waals surface area contributed by atoms with Gasteiger partial charge in [-0.15, -0.1) is 0 Å². The third kappa shape index (κ3) is 4.74. The predicted octanol–water partition coefficient (Wildman–Crippen LogP) is 0.381. The molecule has 0 spiro atoms. The molecule has 0 unspecified atom stereocenters.